The molecule has 5 nitrogen and oxygen atoms in total. The van der Waals surface area contributed by atoms with Crippen molar-refractivity contribution in [3.63, 3.8) is 0 Å². The Morgan fingerprint density at radius 1 is 1.38 bits per heavy atom. The third-order valence-corrected chi connectivity index (χ3v) is 3.77. The first kappa shape index (κ1) is 16.1. The van der Waals surface area contributed by atoms with Crippen molar-refractivity contribution >= 4 is 23.2 Å². The van der Waals surface area contributed by atoms with Crippen LogP contribution in [0.4, 0.5) is 5.69 Å². The van der Waals surface area contributed by atoms with Crippen molar-refractivity contribution in [1.82, 2.24) is 10.2 Å². The quantitative estimate of drug-likeness (QED) is 0.787. The molecule has 0 bridgehead atoms. The van der Waals surface area contributed by atoms with Gasteiger partial charge in [0.2, 0.25) is 0 Å². The number of hydrogen-bond donors (Lipinski definition) is 2. The molecule has 21 heavy (non-hydrogen) atoms. The number of anilines is 1. The van der Waals surface area contributed by atoms with Crippen molar-refractivity contribution in [2.75, 3.05) is 51.8 Å². The number of ether oxygens (including phenoxy) is 1. The molecule has 0 aliphatic carbocycles. The maximum Gasteiger partial charge on any atom is 0.253 e. The minimum atomic E-state index is -0.0937. The number of carbonyl (C=O) groups is 1. The molecular weight excluding hydrogens is 290 g/mol. The van der Waals surface area contributed by atoms with Crippen LogP contribution in [0, 0.1) is 0 Å². The van der Waals surface area contributed by atoms with Gasteiger partial charge in [0.1, 0.15) is 0 Å². The lowest BCUT2D eigenvalue weighted by Crippen LogP contribution is -2.38. The summed E-state index contributed by atoms with van der Waals surface area (Å²) in [5.41, 5.74) is 1.36. The number of benzene rings is 1. The molecule has 1 saturated heterocycles. The van der Waals surface area contributed by atoms with E-state index in [4.69, 9.17) is 16.3 Å². The van der Waals surface area contributed by atoms with Crippen molar-refractivity contribution in [3.05, 3.63) is 28.8 Å². The molecule has 1 fully saturated rings. The van der Waals surface area contributed by atoms with Gasteiger partial charge in [-0.3, -0.25) is 9.69 Å². The van der Waals surface area contributed by atoms with Gasteiger partial charge in [0.05, 0.1) is 18.8 Å². The Morgan fingerprint density at radius 2 is 2.14 bits per heavy atom. The molecule has 0 unspecified atom stereocenters. The third-order valence-electron chi connectivity index (χ3n) is 3.54. The second-order valence-corrected chi connectivity index (χ2v) is 5.44. The fourth-order valence-corrected chi connectivity index (χ4v) is 2.52. The van der Waals surface area contributed by atoms with Crippen LogP contribution < -0.4 is 10.6 Å². The van der Waals surface area contributed by atoms with E-state index in [1.54, 1.807) is 19.2 Å². The molecular formula is C15H22ClN3O2. The van der Waals surface area contributed by atoms with Gasteiger partial charge in [-0.1, -0.05) is 11.6 Å². The Balaban J connectivity index is 1.77. The van der Waals surface area contributed by atoms with Gasteiger partial charge in [0.15, 0.2) is 0 Å². The molecule has 116 valence electrons. The molecule has 1 heterocycles. The van der Waals surface area contributed by atoms with Gasteiger partial charge in [0.25, 0.3) is 5.91 Å². The van der Waals surface area contributed by atoms with E-state index >= 15 is 0 Å². The number of carbonyl (C=O) groups excluding carboxylic acids is 1. The summed E-state index contributed by atoms with van der Waals surface area (Å²) in [5.74, 6) is -0.0937. The highest BCUT2D eigenvalue weighted by molar-refractivity contribution is 6.31. The summed E-state index contributed by atoms with van der Waals surface area (Å²) in [6, 6.07) is 5.26. The van der Waals surface area contributed by atoms with Crippen molar-refractivity contribution in [2.45, 2.75) is 6.42 Å². The van der Waals surface area contributed by atoms with Gasteiger partial charge < -0.3 is 15.4 Å². The van der Waals surface area contributed by atoms with Crippen LogP contribution in [0.25, 0.3) is 0 Å². The van der Waals surface area contributed by atoms with Gasteiger partial charge in [-0.05, 0) is 31.2 Å². The monoisotopic (exact) mass is 311 g/mol. The lowest BCUT2D eigenvalue weighted by Gasteiger charge is -2.26. The van der Waals surface area contributed by atoms with Gasteiger partial charge in [-0.2, -0.15) is 0 Å². The highest BCUT2D eigenvalue weighted by atomic mass is 35.5. The second kappa shape index (κ2) is 8.22. The number of nitrogens with one attached hydrogen (secondary N) is 2. The van der Waals surface area contributed by atoms with E-state index in [0.717, 1.165) is 45.0 Å². The Morgan fingerprint density at radius 3 is 2.86 bits per heavy atom. The largest absolute Gasteiger partial charge is 0.387 e. The zero-order chi connectivity index (χ0) is 15.1. The van der Waals surface area contributed by atoms with Crippen LogP contribution in [0.1, 0.15) is 16.8 Å². The summed E-state index contributed by atoms with van der Waals surface area (Å²) >= 11 is 5.95. The fraction of sp³-hybridized carbons (Fsp3) is 0.533. The standard InChI is InChI=1S/C15H22ClN3O2/c1-17-14-4-3-12(16)11-13(14)15(20)18-5-2-6-19-7-9-21-10-8-19/h3-4,11,17H,2,5-10H2,1H3,(H,18,20). The van der Waals surface area contributed by atoms with E-state index in [0.29, 0.717) is 17.1 Å². The number of halogens is 1. The van der Waals surface area contributed by atoms with Gasteiger partial charge >= 0.3 is 0 Å². The average Bonchev–Trinajstić information content (AvgIpc) is 2.52. The molecule has 0 saturated carbocycles. The Hall–Kier alpha value is -1.30. The molecule has 6 heteroatoms. The summed E-state index contributed by atoms with van der Waals surface area (Å²) in [6.07, 6.45) is 0.932. The number of hydrogen-bond acceptors (Lipinski definition) is 4. The number of nitrogens with zero attached hydrogens (tertiary/aromatic N) is 1. The van der Waals surface area contributed by atoms with Crippen LogP contribution in [0.3, 0.4) is 0 Å². The fourth-order valence-electron chi connectivity index (χ4n) is 2.35. The van der Waals surface area contributed by atoms with E-state index in [1.165, 1.54) is 0 Å². The van der Waals surface area contributed by atoms with E-state index < -0.39 is 0 Å². The molecule has 0 spiro atoms. The topological polar surface area (TPSA) is 53.6 Å². The van der Waals surface area contributed by atoms with E-state index in [2.05, 4.69) is 15.5 Å². The van der Waals surface area contributed by atoms with Crippen LogP contribution in [-0.2, 0) is 4.74 Å². The predicted octanol–water partition coefficient (Wildman–Crippen LogP) is 1.83. The highest BCUT2D eigenvalue weighted by Gasteiger charge is 2.12. The Kier molecular flexibility index (Phi) is 6.29. The molecule has 2 rings (SSSR count). The molecule has 0 aromatic heterocycles. The molecule has 0 atom stereocenters. The van der Waals surface area contributed by atoms with Crippen molar-refractivity contribution in [3.8, 4) is 0 Å². The summed E-state index contributed by atoms with van der Waals surface area (Å²) in [6.45, 7) is 5.21. The normalized spacial score (nSPS) is 15.7. The van der Waals surface area contributed by atoms with E-state index in [-0.39, 0.29) is 5.91 Å². The van der Waals surface area contributed by atoms with Crippen molar-refractivity contribution < 1.29 is 9.53 Å². The van der Waals surface area contributed by atoms with E-state index in [1.807, 2.05) is 6.07 Å². The van der Waals surface area contributed by atoms with Crippen LogP contribution in [0.5, 0.6) is 0 Å². The lowest BCUT2D eigenvalue weighted by atomic mass is 10.1. The minimum Gasteiger partial charge on any atom is -0.387 e. The lowest BCUT2D eigenvalue weighted by molar-refractivity contribution is 0.0374. The predicted molar refractivity (Wildman–Crippen MR) is 85.2 cm³/mol. The maximum absolute atomic E-state index is 12.2. The maximum atomic E-state index is 12.2. The molecule has 1 amide bonds. The van der Waals surface area contributed by atoms with Crippen molar-refractivity contribution in [1.29, 1.82) is 0 Å². The first-order valence-corrected chi connectivity index (χ1v) is 7.64. The summed E-state index contributed by atoms with van der Waals surface area (Å²) in [4.78, 5) is 14.5. The summed E-state index contributed by atoms with van der Waals surface area (Å²) in [5, 5.41) is 6.51. The Bertz CT molecular complexity index is 476. The molecule has 2 N–H and O–H groups in total. The van der Waals surface area contributed by atoms with Crippen LogP contribution in [-0.4, -0.2) is 57.2 Å². The molecule has 1 aliphatic rings. The zero-order valence-electron chi connectivity index (χ0n) is 12.3. The molecule has 1 aromatic rings. The average molecular weight is 312 g/mol. The molecule has 1 aromatic carbocycles. The Labute approximate surface area is 130 Å². The molecule has 1 aliphatic heterocycles. The number of amides is 1. The molecule has 0 radical (unpaired) electrons. The van der Waals surface area contributed by atoms with Crippen molar-refractivity contribution in [2.24, 2.45) is 0 Å². The van der Waals surface area contributed by atoms with Gasteiger partial charge in [-0.25, -0.2) is 0 Å². The van der Waals surface area contributed by atoms with Crippen LogP contribution in [0.15, 0.2) is 18.2 Å². The summed E-state index contributed by atoms with van der Waals surface area (Å²) in [7, 11) is 1.79. The first-order valence-electron chi connectivity index (χ1n) is 7.26. The van der Waals surface area contributed by atoms with Gasteiger partial charge in [0, 0.05) is 37.4 Å². The second-order valence-electron chi connectivity index (χ2n) is 5.00. The highest BCUT2D eigenvalue weighted by Crippen LogP contribution is 2.20. The number of rotatable bonds is 6. The summed E-state index contributed by atoms with van der Waals surface area (Å²) < 4.78 is 5.31. The SMILES string of the molecule is CNc1ccc(Cl)cc1C(=O)NCCCN1CCOCC1. The number of morpholine rings is 1. The van der Waals surface area contributed by atoms with Gasteiger partial charge in [-0.15, -0.1) is 0 Å². The third kappa shape index (κ3) is 4.88. The van der Waals surface area contributed by atoms with E-state index in [9.17, 15) is 4.79 Å². The zero-order valence-corrected chi connectivity index (χ0v) is 13.1. The van der Waals surface area contributed by atoms with Crippen LogP contribution in [0.2, 0.25) is 5.02 Å². The smallest absolute Gasteiger partial charge is 0.253 e. The van der Waals surface area contributed by atoms with Crippen LogP contribution >= 0.6 is 11.6 Å². The first-order chi connectivity index (χ1) is 10.2. The minimum absolute atomic E-state index is 0.0937.